The summed E-state index contributed by atoms with van der Waals surface area (Å²) >= 11 is 5.14. The topological polar surface area (TPSA) is 144 Å². The second-order valence-corrected chi connectivity index (χ2v) is 8.78. The number of carbonyl (C=O) groups excluding carboxylic acids is 3. The number of ether oxygens (including phenoxy) is 2. The first-order valence-corrected chi connectivity index (χ1v) is 12.5. The van der Waals surface area contributed by atoms with Crippen LogP contribution in [-0.4, -0.2) is 48.4 Å². The molecule has 2 heterocycles. The molecule has 0 spiro atoms. The van der Waals surface area contributed by atoms with Crippen LogP contribution in [0.1, 0.15) is 55.5 Å². The highest BCUT2D eigenvalue weighted by Crippen LogP contribution is 2.26. The van der Waals surface area contributed by atoms with Gasteiger partial charge in [-0.2, -0.15) is 0 Å². The lowest BCUT2D eigenvalue weighted by Gasteiger charge is -2.26. The second kappa shape index (κ2) is 12.9. The predicted molar refractivity (Wildman–Crippen MR) is 138 cm³/mol. The molecule has 2 atom stereocenters. The molecule has 1 amide bonds. The minimum Gasteiger partial charge on any atom is -0.466 e. The highest BCUT2D eigenvalue weighted by atomic mass is 32.1. The molecule has 0 saturated heterocycles. The lowest BCUT2D eigenvalue weighted by molar-refractivity contribution is -0.146. The van der Waals surface area contributed by atoms with Crippen LogP contribution in [0, 0.1) is 0 Å². The van der Waals surface area contributed by atoms with Crippen molar-refractivity contribution in [3.05, 3.63) is 58.6 Å². The van der Waals surface area contributed by atoms with Crippen LogP contribution in [0.3, 0.4) is 0 Å². The minimum atomic E-state index is -0.932. The van der Waals surface area contributed by atoms with E-state index in [9.17, 15) is 14.4 Å². The standard InChI is InChI=1S/C25H33N5O5S/c1-3-34-19(31)13-12-18(24(33)35-4-2)28-23(32)16-10-8-15(9-11-16)6-5-7-17-14-27-22-20(17)21(26)29-25(36)30-22/h8-11,14,18,22,27H,3-7,12-13,26H2,1-2H3,(H,28,32)(H2,29,30,36)/t18-,22?/m0/s1. The van der Waals surface area contributed by atoms with E-state index in [0.717, 1.165) is 36.0 Å². The first-order valence-electron chi connectivity index (χ1n) is 12.1. The highest BCUT2D eigenvalue weighted by Gasteiger charge is 2.29. The van der Waals surface area contributed by atoms with E-state index < -0.39 is 23.9 Å². The molecule has 10 nitrogen and oxygen atoms in total. The van der Waals surface area contributed by atoms with Crippen LogP contribution in [0.4, 0.5) is 0 Å². The zero-order valence-electron chi connectivity index (χ0n) is 20.5. The van der Waals surface area contributed by atoms with Crippen molar-refractivity contribution in [2.45, 2.75) is 58.2 Å². The number of hydrogen-bond donors (Lipinski definition) is 5. The summed E-state index contributed by atoms with van der Waals surface area (Å²) < 4.78 is 9.95. The first-order chi connectivity index (χ1) is 17.3. The van der Waals surface area contributed by atoms with Gasteiger partial charge in [-0.05, 0) is 75.0 Å². The van der Waals surface area contributed by atoms with Gasteiger partial charge in [0, 0.05) is 23.8 Å². The molecule has 11 heteroatoms. The quantitative estimate of drug-likeness (QED) is 0.205. The maximum atomic E-state index is 12.7. The fourth-order valence-corrected chi connectivity index (χ4v) is 4.30. The van der Waals surface area contributed by atoms with Crippen molar-refractivity contribution < 1.29 is 23.9 Å². The van der Waals surface area contributed by atoms with Crippen LogP contribution in [0.5, 0.6) is 0 Å². The summed E-state index contributed by atoms with van der Waals surface area (Å²) in [5.74, 6) is -0.845. The van der Waals surface area contributed by atoms with Gasteiger partial charge in [-0.25, -0.2) is 4.79 Å². The van der Waals surface area contributed by atoms with Crippen molar-refractivity contribution >= 4 is 35.2 Å². The third-order valence-corrected chi connectivity index (χ3v) is 6.04. The van der Waals surface area contributed by atoms with E-state index in [1.807, 2.05) is 18.3 Å². The van der Waals surface area contributed by atoms with E-state index in [-0.39, 0.29) is 32.2 Å². The zero-order chi connectivity index (χ0) is 26.1. The maximum Gasteiger partial charge on any atom is 0.328 e. The highest BCUT2D eigenvalue weighted by molar-refractivity contribution is 7.80. The molecule has 1 unspecified atom stereocenters. The van der Waals surface area contributed by atoms with Gasteiger partial charge in [0.15, 0.2) is 5.11 Å². The third kappa shape index (κ3) is 7.20. The number of esters is 2. The molecular formula is C25H33N5O5S. The van der Waals surface area contributed by atoms with Crippen molar-refractivity contribution in [3.8, 4) is 0 Å². The van der Waals surface area contributed by atoms with E-state index in [4.69, 9.17) is 27.4 Å². The summed E-state index contributed by atoms with van der Waals surface area (Å²) in [6.45, 7) is 3.83. The smallest absolute Gasteiger partial charge is 0.328 e. The largest absolute Gasteiger partial charge is 0.466 e. The van der Waals surface area contributed by atoms with E-state index in [0.29, 0.717) is 16.5 Å². The molecule has 0 radical (unpaired) electrons. The van der Waals surface area contributed by atoms with Crippen molar-refractivity contribution in [3.63, 3.8) is 0 Å². The summed E-state index contributed by atoms with van der Waals surface area (Å²) in [6.07, 6.45) is 4.52. The lowest BCUT2D eigenvalue weighted by atomic mass is 9.98. The lowest BCUT2D eigenvalue weighted by Crippen LogP contribution is -2.53. The SMILES string of the molecule is CCOC(=O)CC[C@H](NC(=O)c1ccc(CCCC2=CNC3NC(=S)NC(N)=C23)cc1)C(=O)OCC. The second-order valence-electron chi connectivity index (χ2n) is 8.37. The molecule has 0 bridgehead atoms. The van der Waals surface area contributed by atoms with Crippen molar-refractivity contribution in [2.24, 2.45) is 5.73 Å². The molecule has 2 aliphatic heterocycles. The Hall–Kier alpha value is -3.60. The predicted octanol–water partition coefficient (Wildman–Crippen LogP) is 1.48. The number of nitrogens with two attached hydrogens (primary N) is 1. The number of thiocarbonyl (C=S) groups is 1. The average molecular weight is 516 g/mol. The average Bonchev–Trinajstić information content (AvgIpc) is 3.25. The third-order valence-electron chi connectivity index (χ3n) is 5.82. The van der Waals surface area contributed by atoms with Crippen LogP contribution in [0.25, 0.3) is 0 Å². The zero-order valence-corrected chi connectivity index (χ0v) is 21.3. The number of fused-ring (bicyclic) bond motifs is 1. The van der Waals surface area contributed by atoms with Crippen LogP contribution < -0.4 is 27.0 Å². The molecule has 2 aliphatic rings. The van der Waals surface area contributed by atoms with Gasteiger partial charge in [-0.3, -0.25) is 9.59 Å². The van der Waals surface area contributed by atoms with Gasteiger partial charge in [0.1, 0.15) is 18.0 Å². The Morgan fingerprint density at radius 3 is 2.53 bits per heavy atom. The molecule has 3 rings (SSSR count). The van der Waals surface area contributed by atoms with Gasteiger partial charge in [0.05, 0.1) is 13.2 Å². The van der Waals surface area contributed by atoms with Crippen LogP contribution >= 0.6 is 12.2 Å². The van der Waals surface area contributed by atoms with Gasteiger partial charge in [-0.1, -0.05) is 12.1 Å². The number of benzene rings is 1. The van der Waals surface area contributed by atoms with Crippen LogP contribution in [0.2, 0.25) is 0 Å². The number of aryl methyl sites for hydroxylation is 1. The Bertz CT molecular complexity index is 1050. The molecule has 1 aromatic rings. The van der Waals surface area contributed by atoms with Gasteiger partial charge >= 0.3 is 11.9 Å². The van der Waals surface area contributed by atoms with Crippen molar-refractivity contribution in [2.75, 3.05) is 13.2 Å². The molecule has 0 saturated carbocycles. The maximum absolute atomic E-state index is 12.7. The summed E-state index contributed by atoms with van der Waals surface area (Å²) in [4.78, 5) is 36.7. The Kier molecular flexibility index (Phi) is 9.69. The summed E-state index contributed by atoms with van der Waals surface area (Å²) in [6, 6.07) is 6.31. The number of carbonyl (C=O) groups is 3. The van der Waals surface area contributed by atoms with E-state index in [2.05, 4.69) is 21.3 Å². The Morgan fingerprint density at radius 2 is 1.83 bits per heavy atom. The molecule has 6 N–H and O–H groups in total. The molecule has 1 aromatic carbocycles. The molecular weight excluding hydrogens is 482 g/mol. The number of nitrogens with one attached hydrogen (secondary N) is 4. The molecule has 0 aromatic heterocycles. The molecule has 36 heavy (non-hydrogen) atoms. The van der Waals surface area contributed by atoms with Gasteiger partial charge in [-0.15, -0.1) is 0 Å². The summed E-state index contributed by atoms with van der Waals surface area (Å²) in [5, 5.41) is 12.5. The summed E-state index contributed by atoms with van der Waals surface area (Å²) in [5.41, 5.74) is 9.74. The normalized spacial score (nSPS) is 17.1. The fraction of sp³-hybridized carbons (Fsp3) is 0.440. The van der Waals surface area contributed by atoms with E-state index in [1.165, 1.54) is 0 Å². The van der Waals surface area contributed by atoms with E-state index in [1.54, 1.807) is 26.0 Å². The molecule has 194 valence electrons. The molecule has 0 aliphatic carbocycles. The number of hydrogen-bond acceptors (Lipinski definition) is 8. The Morgan fingerprint density at radius 1 is 1.11 bits per heavy atom. The fourth-order valence-electron chi connectivity index (χ4n) is 4.07. The van der Waals surface area contributed by atoms with Gasteiger partial charge < -0.3 is 36.5 Å². The Labute approximate surface area is 216 Å². The monoisotopic (exact) mass is 515 g/mol. The van der Waals surface area contributed by atoms with Gasteiger partial charge in [0.2, 0.25) is 0 Å². The first kappa shape index (κ1) is 27.0. The number of amides is 1. The van der Waals surface area contributed by atoms with Gasteiger partial charge in [0.25, 0.3) is 5.91 Å². The minimum absolute atomic E-state index is 0.00456. The van der Waals surface area contributed by atoms with Crippen molar-refractivity contribution in [1.29, 1.82) is 0 Å². The Balaban J connectivity index is 1.52. The summed E-state index contributed by atoms with van der Waals surface area (Å²) in [7, 11) is 0. The number of rotatable bonds is 12. The van der Waals surface area contributed by atoms with Crippen LogP contribution in [-0.2, 0) is 25.5 Å². The van der Waals surface area contributed by atoms with E-state index >= 15 is 0 Å². The van der Waals surface area contributed by atoms with Crippen LogP contribution in [0.15, 0.2) is 47.4 Å². The van der Waals surface area contributed by atoms with Crippen molar-refractivity contribution in [1.82, 2.24) is 21.3 Å². The molecule has 0 fully saturated rings.